The molecule has 1 atom stereocenters. The van der Waals surface area contributed by atoms with E-state index in [2.05, 4.69) is 15.6 Å². The molecule has 1 aliphatic heterocycles. The Morgan fingerprint density at radius 3 is 1.86 bits per heavy atom. The average Bonchev–Trinajstić information content (AvgIpc) is 2.94. The fourth-order valence-corrected chi connectivity index (χ4v) is 5.02. The molecule has 0 saturated carbocycles. The number of amides is 2. The van der Waals surface area contributed by atoms with E-state index in [1.807, 2.05) is 0 Å². The number of hydrogen-bond donors (Lipinski definition) is 5. The first-order valence-corrected chi connectivity index (χ1v) is 15.3. The van der Waals surface area contributed by atoms with Crippen LogP contribution in [0.2, 0.25) is 0 Å². The molecule has 5 N–H and O–H groups in total. The van der Waals surface area contributed by atoms with Crippen LogP contribution in [-0.2, 0) is 35.8 Å². The predicted molar refractivity (Wildman–Crippen MR) is 130 cm³/mol. The van der Waals surface area contributed by atoms with Gasteiger partial charge in [0.15, 0.2) is 0 Å². The summed E-state index contributed by atoms with van der Waals surface area (Å²) in [4.78, 5) is 30.0. The maximum absolute atomic E-state index is 13.0. The fraction of sp³-hybridized carbons (Fsp3) is 0.526. The second-order valence-corrected chi connectivity index (χ2v) is 13.1. The van der Waals surface area contributed by atoms with Crippen molar-refractivity contribution < 1.29 is 48.5 Å². The number of carbonyl (C=O) groups excluding carboxylic acids is 2. The summed E-state index contributed by atoms with van der Waals surface area (Å²) in [6, 6.07) is 2.55. The van der Waals surface area contributed by atoms with Gasteiger partial charge >= 0.3 is 0 Å². The number of fused-ring (bicyclic) bond motifs is 1. The highest BCUT2D eigenvalue weighted by atomic mass is 32.2. The van der Waals surface area contributed by atoms with E-state index in [0.29, 0.717) is 11.3 Å². The Balaban J connectivity index is 2.46. The maximum atomic E-state index is 13.0. The summed E-state index contributed by atoms with van der Waals surface area (Å²) in [6.45, 7) is 2.47. The topological polar surface area (TPSA) is 234 Å². The lowest BCUT2D eigenvalue weighted by Gasteiger charge is -2.28. The van der Waals surface area contributed by atoms with Crippen LogP contribution in [0.4, 0.5) is 5.69 Å². The molecule has 202 valence electrons. The van der Waals surface area contributed by atoms with Crippen molar-refractivity contribution in [3.63, 3.8) is 0 Å². The normalized spacial score (nSPS) is 17.9. The molecule has 2 rings (SSSR count). The van der Waals surface area contributed by atoms with Crippen LogP contribution >= 0.6 is 0 Å². The second kappa shape index (κ2) is 10.9. The van der Waals surface area contributed by atoms with Crippen LogP contribution in [0.3, 0.4) is 0 Å². The van der Waals surface area contributed by atoms with Crippen LogP contribution in [0.1, 0.15) is 53.0 Å². The lowest BCUT2D eigenvalue weighted by Crippen LogP contribution is -2.35. The molecule has 0 aliphatic carbocycles. The Kier molecular flexibility index (Phi) is 9.01. The van der Waals surface area contributed by atoms with E-state index in [-0.39, 0.29) is 29.7 Å². The molecule has 1 aromatic carbocycles. The van der Waals surface area contributed by atoms with Gasteiger partial charge in [-0.1, -0.05) is 6.92 Å². The molecule has 0 bridgehead atoms. The van der Waals surface area contributed by atoms with Gasteiger partial charge in [-0.15, -0.1) is 0 Å². The quantitative estimate of drug-likeness (QED) is 0.209. The summed E-state index contributed by atoms with van der Waals surface area (Å²) < 4.78 is 92.9. The van der Waals surface area contributed by atoms with Gasteiger partial charge < -0.3 is 10.6 Å². The van der Waals surface area contributed by atoms with Crippen LogP contribution in [-0.4, -0.2) is 86.8 Å². The zero-order chi connectivity index (χ0) is 27.5. The van der Waals surface area contributed by atoms with E-state index in [4.69, 9.17) is 13.7 Å². The molecule has 0 spiro atoms. The minimum atomic E-state index is -4.37. The lowest BCUT2D eigenvalue weighted by molar-refractivity contribution is 0.0954. The highest BCUT2D eigenvalue weighted by molar-refractivity contribution is 7.86. The molecular formula is C19H27N3O11S3. The molecule has 1 heterocycles. The zero-order valence-corrected chi connectivity index (χ0v) is 21.8. The number of aliphatic imine (C=N–C) groups is 1. The van der Waals surface area contributed by atoms with Gasteiger partial charge in [0.1, 0.15) is 0 Å². The van der Waals surface area contributed by atoms with E-state index in [0.717, 1.165) is 0 Å². The summed E-state index contributed by atoms with van der Waals surface area (Å²) in [7, 11) is -12.9. The molecular weight excluding hydrogens is 542 g/mol. The van der Waals surface area contributed by atoms with Crippen LogP contribution in [0.25, 0.3) is 0 Å². The van der Waals surface area contributed by atoms with Crippen LogP contribution in [0.15, 0.2) is 17.1 Å². The number of carbonyl (C=O) groups is 2. The van der Waals surface area contributed by atoms with Crippen molar-refractivity contribution in [1.29, 1.82) is 0 Å². The average molecular weight is 570 g/mol. The highest BCUT2D eigenvalue weighted by Crippen LogP contribution is 2.45. The first kappa shape index (κ1) is 29.8. The summed E-state index contributed by atoms with van der Waals surface area (Å²) >= 11 is 0. The fourth-order valence-electron chi connectivity index (χ4n) is 3.79. The van der Waals surface area contributed by atoms with Gasteiger partial charge in [0.25, 0.3) is 42.2 Å². The monoisotopic (exact) mass is 569 g/mol. The third kappa shape index (κ3) is 8.31. The first-order valence-electron chi connectivity index (χ1n) is 10.5. The van der Waals surface area contributed by atoms with E-state index < -0.39 is 77.9 Å². The maximum Gasteiger partial charge on any atom is 0.266 e. The number of benzene rings is 1. The van der Waals surface area contributed by atoms with Gasteiger partial charge in [0, 0.05) is 40.9 Å². The Labute approximate surface area is 208 Å². The van der Waals surface area contributed by atoms with Crippen molar-refractivity contribution in [2.45, 2.75) is 32.1 Å². The Morgan fingerprint density at radius 2 is 1.36 bits per heavy atom. The Hall–Kier alpha value is -2.44. The molecule has 0 fully saturated rings. The molecule has 0 radical (unpaired) electrons. The number of hydrogen-bond acceptors (Lipinski definition) is 9. The highest BCUT2D eigenvalue weighted by Gasteiger charge is 2.40. The van der Waals surface area contributed by atoms with E-state index in [1.54, 1.807) is 13.8 Å². The van der Waals surface area contributed by atoms with Crippen molar-refractivity contribution in [1.82, 2.24) is 10.6 Å². The number of nitrogens with zero attached hydrogens (tertiary/aromatic N) is 1. The van der Waals surface area contributed by atoms with Crippen molar-refractivity contribution in [3.05, 3.63) is 28.8 Å². The minimum absolute atomic E-state index is 0.0172. The minimum Gasteiger partial charge on any atom is -0.351 e. The third-order valence-electron chi connectivity index (χ3n) is 5.63. The summed E-state index contributed by atoms with van der Waals surface area (Å²) in [5.74, 6) is -3.61. The smallest absolute Gasteiger partial charge is 0.266 e. The van der Waals surface area contributed by atoms with Crippen molar-refractivity contribution >= 4 is 53.6 Å². The molecule has 0 saturated heterocycles. The van der Waals surface area contributed by atoms with Gasteiger partial charge in [-0.3, -0.25) is 28.2 Å². The van der Waals surface area contributed by atoms with E-state index >= 15 is 0 Å². The standard InChI is InChI=1S/C19H27N3O11S3/c1-12-19(2,4-3-7-34(25,26)27)16-14(18(24)21-6-9-36(31,32)33)10-13(11-15(16)22-12)17(23)20-5-8-35(28,29)30/h10-11H,3-9H2,1-2H3,(H,20,23)(H,21,24)(H,25,26,27)(H,28,29,30)(H,31,32,33). The Bertz CT molecular complexity index is 1400. The molecule has 1 aliphatic rings. The second-order valence-electron chi connectivity index (χ2n) is 8.42. The van der Waals surface area contributed by atoms with Gasteiger partial charge in [-0.2, -0.15) is 25.3 Å². The molecule has 1 aromatic rings. The molecule has 1 unspecified atom stereocenters. The number of nitrogens with one attached hydrogen (secondary N) is 2. The summed E-state index contributed by atoms with van der Waals surface area (Å²) in [5.41, 5.74) is -0.0851. The van der Waals surface area contributed by atoms with E-state index in [1.165, 1.54) is 12.1 Å². The SMILES string of the molecule is CC1=Nc2cc(C(=O)NCCS(=O)(=O)O)cc(C(=O)NCCS(=O)(=O)O)c2C1(C)CCCS(=O)(=O)O. The zero-order valence-electron chi connectivity index (χ0n) is 19.4. The molecule has 0 aromatic heterocycles. The van der Waals surface area contributed by atoms with Gasteiger partial charge in [0.05, 0.1) is 22.9 Å². The summed E-state index contributed by atoms with van der Waals surface area (Å²) in [6.07, 6.45) is 0.170. The molecule has 36 heavy (non-hydrogen) atoms. The molecule has 14 nitrogen and oxygen atoms in total. The van der Waals surface area contributed by atoms with Crippen LogP contribution in [0, 0.1) is 0 Å². The van der Waals surface area contributed by atoms with Gasteiger partial charge in [-0.25, -0.2) is 0 Å². The largest absolute Gasteiger partial charge is 0.351 e. The van der Waals surface area contributed by atoms with Crippen molar-refractivity contribution in [2.24, 2.45) is 4.99 Å². The van der Waals surface area contributed by atoms with Crippen molar-refractivity contribution in [2.75, 3.05) is 30.3 Å². The lowest BCUT2D eigenvalue weighted by atomic mass is 9.74. The molecule has 17 heteroatoms. The van der Waals surface area contributed by atoms with Crippen LogP contribution in [0.5, 0.6) is 0 Å². The van der Waals surface area contributed by atoms with Gasteiger partial charge in [0.2, 0.25) is 0 Å². The predicted octanol–water partition coefficient (Wildman–Crippen LogP) is -0.0465. The molecule has 2 amide bonds. The van der Waals surface area contributed by atoms with Crippen molar-refractivity contribution in [3.8, 4) is 0 Å². The van der Waals surface area contributed by atoms with Gasteiger partial charge in [-0.05, 0) is 31.9 Å². The number of rotatable bonds is 12. The first-order chi connectivity index (χ1) is 16.3. The Morgan fingerprint density at radius 1 is 0.861 bits per heavy atom. The third-order valence-corrected chi connectivity index (χ3v) is 7.88. The summed E-state index contributed by atoms with van der Waals surface area (Å²) in [5, 5.41) is 4.63. The van der Waals surface area contributed by atoms with E-state index in [9.17, 15) is 34.8 Å². The van der Waals surface area contributed by atoms with Crippen LogP contribution < -0.4 is 10.6 Å².